The van der Waals surface area contributed by atoms with Crippen molar-refractivity contribution in [3.63, 3.8) is 0 Å². The second-order valence-electron chi connectivity index (χ2n) is 6.98. The van der Waals surface area contributed by atoms with Crippen LogP contribution in [0, 0.1) is 0 Å². The fourth-order valence-electron chi connectivity index (χ4n) is 3.47. The van der Waals surface area contributed by atoms with Crippen LogP contribution in [-0.2, 0) is 12.8 Å². The highest BCUT2D eigenvalue weighted by Crippen LogP contribution is 2.38. The topological polar surface area (TPSA) is 41.9 Å². The van der Waals surface area contributed by atoms with Gasteiger partial charge in [0, 0.05) is 12.6 Å². The normalized spacial score (nSPS) is 17.4. The van der Waals surface area contributed by atoms with Crippen molar-refractivity contribution in [3.8, 4) is 17.2 Å². The molecule has 2 aromatic carbocycles. The number of fused-ring (bicyclic) bond motifs is 1. The van der Waals surface area contributed by atoms with Crippen LogP contribution in [0.3, 0.4) is 0 Å². The van der Waals surface area contributed by atoms with Gasteiger partial charge in [-0.3, -0.25) is 4.90 Å². The molecule has 3 rings (SSSR count). The lowest BCUT2D eigenvalue weighted by Gasteiger charge is -2.35. The zero-order chi connectivity index (χ0) is 18.0. The van der Waals surface area contributed by atoms with Crippen molar-refractivity contribution >= 4 is 0 Å². The number of benzene rings is 2. The standard InChI is InChI=1S/C21H27NO3/c1-14(2)25-17-7-5-15(6-8-17)11-19-18-13-20(23)21(24-4)12-16(18)9-10-22(19)3/h5-8,12-14,19,23H,9-11H2,1-4H3/t19-/m1/s1. The molecule has 0 amide bonds. The van der Waals surface area contributed by atoms with Crippen molar-refractivity contribution in [3.05, 3.63) is 53.1 Å². The van der Waals surface area contributed by atoms with Crippen molar-refractivity contribution < 1.29 is 14.6 Å². The fraction of sp³-hybridized carbons (Fsp3) is 0.429. The molecule has 1 atom stereocenters. The molecule has 0 fully saturated rings. The third-order valence-corrected chi connectivity index (χ3v) is 4.79. The molecule has 0 unspecified atom stereocenters. The van der Waals surface area contributed by atoms with Gasteiger partial charge in [0.1, 0.15) is 5.75 Å². The van der Waals surface area contributed by atoms with E-state index in [4.69, 9.17) is 9.47 Å². The molecule has 1 aliphatic heterocycles. The zero-order valence-electron chi connectivity index (χ0n) is 15.5. The SMILES string of the molecule is COc1cc2c(cc1O)[C@@H](Cc1ccc(OC(C)C)cc1)N(C)CC2. The number of aromatic hydroxyl groups is 1. The van der Waals surface area contributed by atoms with Crippen LogP contribution in [-0.4, -0.2) is 36.8 Å². The number of hydrogen-bond donors (Lipinski definition) is 1. The predicted molar refractivity (Wildman–Crippen MR) is 99.6 cm³/mol. The molecule has 4 heteroatoms. The highest BCUT2D eigenvalue weighted by molar-refractivity contribution is 5.49. The quantitative estimate of drug-likeness (QED) is 0.894. The Kier molecular flexibility index (Phi) is 5.19. The summed E-state index contributed by atoms with van der Waals surface area (Å²) in [5.74, 6) is 1.66. The minimum absolute atomic E-state index is 0.181. The lowest BCUT2D eigenvalue weighted by atomic mass is 9.88. The number of ether oxygens (including phenoxy) is 2. The molecule has 1 N–H and O–H groups in total. The van der Waals surface area contributed by atoms with Crippen LogP contribution in [0.15, 0.2) is 36.4 Å². The van der Waals surface area contributed by atoms with E-state index < -0.39 is 0 Å². The number of likely N-dealkylation sites (N-methyl/N-ethyl adjacent to an activating group) is 1. The summed E-state index contributed by atoms with van der Waals surface area (Å²) in [6.45, 7) is 5.06. The van der Waals surface area contributed by atoms with Gasteiger partial charge in [0.25, 0.3) is 0 Å². The Morgan fingerprint density at radius 1 is 1.20 bits per heavy atom. The Morgan fingerprint density at radius 2 is 1.92 bits per heavy atom. The molecule has 0 aliphatic carbocycles. The Balaban J connectivity index is 1.84. The number of hydrogen-bond acceptors (Lipinski definition) is 4. The van der Waals surface area contributed by atoms with E-state index >= 15 is 0 Å². The van der Waals surface area contributed by atoms with Gasteiger partial charge in [-0.15, -0.1) is 0 Å². The lowest BCUT2D eigenvalue weighted by Crippen LogP contribution is -2.33. The number of methoxy groups -OCH3 is 1. The van der Waals surface area contributed by atoms with E-state index in [1.54, 1.807) is 7.11 Å². The lowest BCUT2D eigenvalue weighted by molar-refractivity contribution is 0.227. The van der Waals surface area contributed by atoms with Crippen molar-refractivity contribution in [1.82, 2.24) is 4.90 Å². The molecule has 0 bridgehead atoms. The zero-order valence-corrected chi connectivity index (χ0v) is 15.5. The molecule has 0 radical (unpaired) electrons. The first-order chi connectivity index (χ1) is 12.0. The number of nitrogens with zero attached hydrogens (tertiary/aromatic N) is 1. The summed E-state index contributed by atoms with van der Waals surface area (Å²) in [7, 11) is 3.74. The van der Waals surface area contributed by atoms with Gasteiger partial charge in [-0.05, 0) is 74.7 Å². The maximum Gasteiger partial charge on any atom is 0.160 e. The Morgan fingerprint density at radius 3 is 2.56 bits per heavy atom. The first kappa shape index (κ1) is 17.6. The first-order valence-electron chi connectivity index (χ1n) is 8.83. The van der Waals surface area contributed by atoms with E-state index in [-0.39, 0.29) is 17.9 Å². The molecule has 0 spiro atoms. The van der Waals surface area contributed by atoms with Crippen molar-refractivity contribution in [1.29, 1.82) is 0 Å². The van der Waals surface area contributed by atoms with Crippen LogP contribution in [0.5, 0.6) is 17.2 Å². The number of phenolic OH excluding ortho intramolecular Hbond substituents is 1. The monoisotopic (exact) mass is 341 g/mol. The minimum atomic E-state index is 0.181. The van der Waals surface area contributed by atoms with Crippen LogP contribution < -0.4 is 9.47 Å². The second-order valence-corrected chi connectivity index (χ2v) is 6.98. The van der Waals surface area contributed by atoms with Crippen LogP contribution in [0.4, 0.5) is 0 Å². The summed E-state index contributed by atoms with van der Waals surface area (Å²) >= 11 is 0. The number of rotatable bonds is 5. The first-order valence-corrected chi connectivity index (χ1v) is 8.83. The van der Waals surface area contributed by atoms with Crippen molar-refractivity contribution in [2.24, 2.45) is 0 Å². The van der Waals surface area contributed by atoms with Crippen LogP contribution >= 0.6 is 0 Å². The molecule has 0 saturated carbocycles. The van der Waals surface area contributed by atoms with Gasteiger partial charge >= 0.3 is 0 Å². The largest absolute Gasteiger partial charge is 0.504 e. The number of phenols is 1. The van der Waals surface area contributed by atoms with Crippen LogP contribution in [0.25, 0.3) is 0 Å². The Hall–Kier alpha value is -2.20. The summed E-state index contributed by atoms with van der Waals surface area (Å²) in [6.07, 6.45) is 2.05. The van der Waals surface area contributed by atoms with Crippen LogP contribution in [0.2, 0.25) is 0 Å². The summed E-state index contributed by atoms with van der Waals surface area (Å²) in [5, 5.41) is 10.2. The average Bonchev–Trinajstić information content (AvgIpc) is 2.58. The molecule has 1 aliphatic rings. The fourth-order valence-corrected chi connectivity index (χ4v) is 3.47. The minimum Gasteiger partial charge on any atom is -0.504 e. The highest BCUT2D eigenvalue weighted by atomic mass is 16.5. The maximum absolute atomic E-state index is 10.2. The molecule has 2 aromatic rings. The molecular weight excluding hydrogens is 314 g/mol. The molecule has 0 aromatic heterocycles. The van der Waals surface area contributed by atoms with Gasteiger partial charge < -0.3 is 14.6 Å². The van der Waals surface area contributed by atoms with E-state index in [1.165, 1.54) is 16.7 Å². The van der Waals surface area contributed by atoms with Gasteiger partial charge in [-0.2, -0.15) is 0 Å². The third-order valence-electron chi connectivity index (χ3n) is 4.79. The maximum atomic E-state index is 10.2. The molecular formula is C21H27NO3. The van der Waals surface area contributed by atoms with Crippen molar-refractivity contribution in [2.45, 2.75) is 38.8 Å². The second kappa shape index (κ2) is 7.36. The van der Waals surface area contributed by atoms with E-state index in [0.29, 0.717) is 5.75 Å². The van der Waals surface area contributed by atoms with E-state index in [1.807, 2.05) is 38.1 Å². The van der Waals surface area contributed by atoms with Gasteiger partial charge in [-0.25, -0.2) is 0 Å². The van der Waals surface area contributed by atoms with E-state index in [0.717, 1.165) is 25.1 Å². The smallest absolute Gasteiger partial charge is 0.160 e. The Bertz CT molecular complexity index is 725. The third kappa shape index (κ3) is 3.90. The molecule has 25 heavy (non-hydrogen) atoms. The highest BCUT2D eigenvalue weighted by Gasteiger charge is 2.26. The molecule has 0 saturated heterocycles. The summed E-state index contributed by atoms with van der Waals surface area (Å²) in [6, 6.07) is 12.4. The summed E-state index contributed by atoms with van der Waals surface area (Å²) < 4.78 is 11.0. The van der Waals surface area contributed by atoms with Gasteiger partial charge in [0.15, 0.2) is 11.5 Å². The van der Waals surface area contributed by atoms with Gasteiger partial charge in [0.2, 0.25) is 0 Å². The van der Waals surface area contributed by atoms with Crippen molar-refractivity contribution in [2.75, 3.05) is 20.7 Å². The van der Waals surface area contributed by atoms with E-state index in [2.05, 4.69) is 24.1 Å². The predicted octanol–water partition coefficient (Wildman–Crippen LogP) is 3.96. The van der Waals surface area contributed by atoms with Gasteiger partial charge in [0.05, 0.1) is 13.2 Å². The summed E-state index contributed by atoms with van der Waals surface area (Å²) in [4.78, 5) is 2.35. The van der Waals surface area contributed by atoms with Crippen LogP contribution in [0.1, 0.15) is 36.6 Å². The molecule has 134 valence electrons. The molecule has 1 heterocycles. The summed E-state index contributed by atoms with van der Waals surface area (Å²) in [5.41, 5.74) is 3.71. The average molecular weight is 341 g/mol. The van der Waals surface area contributed by atoms with E-state index in [9.17, 15) is 5.11 Å². The Labute approximate surface area is 150 Å². The molecule has 4 nitrogen and oxygen atoms in total. The van der Waals surface area contributed by atoms with Gasteiger partial charge in [-0.1, -0.05) is 12.1 Å².